The summed E-state index contributed by atoms with van der Waals surface area (Å²) in [7, 11) is 0. The molecule has 0 aromatic heterocycles. The summed E-state index contributed by atoms with van der Waals surface area (Å²) in [5.74, 6) is 0.494. The zero-order valence-corrected chi connectivity index (χ0v) is 10.4. The highest BCUT2D eigenvalue weighted by molar-refractivity contribution is 9.10. The van der Waals surface area contributed by atoms with E-state index in [2.05, 4.69) is 15.9 Å². The first kappa shape index (κ1) is 12.5. The molecule has 0 radical (unpaired) electrons. The Morgan fingerprint density at radius 1 is 1.47 bits per heavy atom. The molecule has 1 aromatic carbocycles. The molecule has 0 aliphatic rings. The van der Waals surface area contributed by atoms with E-state index in [0.29, 0.717) is 22.7 Å². The first-order chi connectivity index (χ1) is 7.04. The van der Waals surface area contributed by atoms with Gasteiger partial charge in [0.2, 0.25) is 0 Å². The van der Waals surface area contributed by atoms with Crippen LogP contribution in [0.3, 0.4) is 0 Å². The molecule has 0 aliphatic carbocycles. The molecule has 0 amide bonds. The van der Waals surface area contributed by atoms with E-state index in [9.17, 15) is 4.39 Å². The smallest absolute Gasteiger partial charge is 0.141 e. The van der Waals surface area contributed by atoms with E-state index in [1.54, 1.807) is 12.1 Å². The first-order valence-corrected chi connectivity index (χ1v) is 5.65. The first-order valence-electron chi connectivity index (χ1n) is 4.86. The van der Waals surface area contributed by atoms with Gasteiger partial charge in [0.05, 0.1) is 4.47 Å². The highest BCUT2D eigenvalue weighted by Crippen LogP contribution is 2.22. The van der Waals surface area contributed by atoms with Gasteiger partial charge in [0, 0.05) is 12.6 Å². The predicted molar refractivity (Wildman–Crippen MR) is 62.4 cm³/mol. The molecule has 2 nitrogen and oxygen atoms in total. The fraction of sp³-hybridized carbons (Fsp3) is 0.455. The number of halogens is 2. The van der Waals surface area contributed by atoms with Crippen molar-refractivity contribution in [3.63, 3.8) is 0 Å². The average molecular weight is 276 g/mol. The second kappa shape index (κ2) is 5.47. The lowest BCUT2D eigenvalue weighted by molar-refractivity contribution is 0.158. The maximum absolute atomic E-state index is 13.2. The van der Waals surface area contributed by atoms with Crippen molar-refractivity contribution in [3.05, 3.63) is 28.5 Å². The summed E-state index contributed by atoms with van der Waals surface area (Å²) in [6, 6.07) is 4.70. The summed E-state index contributed by atoms with van der Waals surface area (Å²) >= 11 is 3.09. The minimum atomic E-state index is -0.327. The molecule has 0 aliphatic heterocycles. The van der Waals surface area contributed by atoms with Gasteiger partial charge in [-0.3, -0.25) is 0 Å². The molecule has 1 rings (SSSR count). The number of hydrogen-bond acceptors (Lipinski definition) is 2. The van der Waals surface area contributed by atoms with E-state index in [1.165, 1.54) is 6.07 Å². The Balaban J connectivity index is 2.75. The van der Waals surface area contributed by atoms with Crippen LogP contribution in [0.2, 0.25) is 0 Å². The van der Waals surface area contributed by atoms with E-state index >= 15 is 0 Å². The van der Waals surface area contributed by atoms with Crippen molar-refractivity contribution in [2.45, 2.75) is 20.0 Å². The van der Waals surface area contributed by atoms with Crippen molar-refractivity contribution >= 4 is 15.9 Å². The van der Waals surface area contributed by atoms with Crippen LogP contribution < -0.4 is 10.5 Å². The van der Waals surface area contributed by atoms with Gasteiger partial charge in [0.1, 0.15) is 17.7 Å². The molecule has 15 heavy (non-hydrogen) atoms. The van der Waals surface area contributed by atoms with Crippen molar-refractivity contribution in [1.29, 1.82) is 0 Å². The Bertz CT molecular complexity index is 330. The van der Waals surface area contributed by atoms with Gasteiger partial charge in [-0.1, -0.05) is 13.8 Å². The molecule has 4 heteroatoms. The molecule has 0 heterocycles. The number of rotatable bonds is 4. The topological polar surface area (TPSA) is 35.2 Å². The van der Waals surface area contributed by atoms with Gasteiger partial charge in [-0.15, -0.1) is 0 Å². The monoisotopic (exact) mass is 275 g/mol. The number of ether oxygens (including phenoxy) is 1. The van der Waals surface area contributed by atoms with E-state index < -0.39 is 0 Å². The largest absolute Gasteiger partial charge is 0.489 e. The molecule has 0 saturated carbocycles. The summed E-state index contributed by atoms with van der Waals surface area (Å²) in [4.78, 5) is 0. The Morgan fingerprint density at radius 2 is 2.13 bits per heavy atom. The van der Waals surface area contributed by atoms with E-state index in [-0.39, 0.29) is 11.9 Å². The molecule has 0 saturated heterocycles. The molecular weight excluding hydrogens is 261 g/mol. The fourth-order valence-corrected chi connectivity index (χ4v) is 1.43. The molecule has 1 unspecified atom stereocenters. The predicted octanol–water partition coefficient (Wildman–Crippen LogP) is 2.95. The summed E-state index contributed by atoms with van der Waals surface area (Å²) in [5.41, 5.74) is 5.56. The van der Waals surface area contributed by atoms with Gasteiger partial charge in [-0.2, -0.15) is 0 Å². The minimum Gasteiger partial charge on any atom is -0.489 e. The van der Waals surface area contributed by atoms with Crippen LogP contribution in [0.4, 0.5) is 4.39 Å². The SMILES string of the molecule is CC(C)C(CN)Oc1ccc(Br)c(F)c1. The molecule has 0 fully saturated rings. The van der Waals surface area contributed by atoms with E-state index in [0.717, 1.165) is 0 Å². The van der Waals surface area contributed by atoms with Crippen LogP contribution in [0.1, 0.15) is 13.8 Å². The quantitative estimate of drug-likeness (QED) is 0.917. The summed E-state index contributed by atoms with van der Waals surface area (Å²) < 4.78 is 19.2. The second-order valence-corrected chi connectivity index (χ2v) is 4.57. The number of nitrogens with two attached hydrogens (primary N) is 1. The second-order valence-electron chi connectivity index (χ2n) is 3.71. The summed E-state index contributed by atoms with van der Waals surface area (Å²) in [6.07, 6.45) is -0.0782. The van der Waals surface area contributed by atoms with Crippen molar-refractivity contribution in [3.8, 4) is 5.75 Å². The van der Waals surface area contributed by atoms with Gasteiger partial charge in [0.25, 0.3) is 0 Å². The third-order valence-corrected chi connectivity index (χ3v) is 2.80. The maximum Gasteiger partial charge on any atom is 0.141 e. The van der Waals surface area contributed by atoms with Crippen LogP contribution >= 0.6 is 15.9 Å². The lowest BCUT2D eigenvalue weighted by Crippen LogP contribution is -2.31. The lowest BCUT2D eigenvalue weighted by atomic mass is 10.1. The van der Waals surface area contributed by atoms with Crippen LogP contribution in [0.15, 0.2) is 22.7 Å². The zero-order valence-electron chi connectivity index (χ0n) is 8.84. The minimum absolute atomic E-state index is 0.0782. The van der Waals surface area contributed by atoms with E-state index in [4.69, 9.17) is 10.5 Å². The molecule has 2 N–H and O–H groups in total. The normalized spacial score (nSPS) is 12.9. The highest BCUT2D eigenvalue weighted by atomic mass is 79.9. The van der Waals surface area contributed by atoms with Gasteiger partial charge >= 0.3 is 0 Å². The van der Waals surface area contributed by atoms with Crippen LogP contribution in [-0.4, -0.2) is 12.6 Å². The fourth-order valence-electron chi connectivity index (χ4n) is 1.18. The summed E-state index contributed by atoms with van der Waals surface area (Å²) in [5, 5.41) is 0. The maximum atomic E-state index is 13.2. The van der Waals surface area contributed by atoms with Crippen molar-refractivity contribution in [2.24, 2.45) is 11.7 Å². The van der Waals surface area contributed by atoms with Crippen molar-refractivity contribution in [1.82, 2.24) is 0 Å². The number of benzene rings is 1. The number of hydrogen-bond donors (Lipinski definition) is 1. The van der Waals surface area contributed by atoms with Gasteiger partial charge in [-0.05, 0) is 34.0 Å². The van der Waals surface area contributed by atoms with Gasteiger partial charge < -0.3 is 10.5 Å². The average Bonchev–Trinajstić information content (AvgIpc) is 2.19. The molecule has 0 bridgehead atoms. The van der Waals surface area contributed by atoms with Crippen molar-refractivity contribution < 1.29 is 9.13 Å². The lowest BCUT2D eigenvalue weighted by Gasteiger charge is -2.20. The van der Waals surface area contributed by atoms with Crippen molar-refractivity contribution in [2.75, 3.05) is 6.54 Å². The molecule has 1 aromatic rings. The Kier molecular flexibility index (Phi) is 4.54. The highest BCUT2D eigenvalue weighted by Gasteiger charge is 2.13. The Labute approximate surface area is 97.7 Å². The molecule has 84 valence electrons. The van der Waals surface area contributed by atoms with Crippen LogP contribution in [0.5, 0.6) is 5.75 Å². The molecule has 1 atom stereocenters. The van der Waals surface area contributed by atoms with E-state index in [1.807, 2.05) is 13.8 Å². The van der Waals surface area contributed by atoms with Gasteiger partial charge in [0.15, 0.2) is 0 Å². The molecular formula is C11H15BrFNO. The summed E-state index contributed by atoms with van der Waals surface area (Å²) in [6.45, 7) is 4.47. The van der Waals surface area contributed by atoms with Crippen LogP contribution in [0.25, 0.3) is 0 Å². The van der Waals surface area contributed by atoms with Crippen LogP contribution in [0, 0.1) is 11.7 Å². The molecule has 0 spiro atoms. The zero-order chi connectivity index (χ0) is 11.4. The standard InChI is InChI=1S/C11H15BrFNO/c1-7(2)11(6-14)15-8-3-4-9(12)10(13)5-8/h3-5,7,11H,6,14H2,1-2H3. The Morgan fingerprint density at radius 3 is 2.60 bits per heavy atom. The third kappa shape index (κ3) is 3.47. The third-order valence-electron chi connectivity index (χ3n) is 2.15. The van der Waals surface area contributed by atoms with Gasteiger partial charge in [-0.25, -0.2) is 4.39 Å². The van der Waals surface area contributed by atoms with Crippen LogP contribution in [-0.2, 0) is 0 Å². The Hall–Kier alpha value is -0.610.